The zero-order valence-electron chi connectivity index (χ0n) is 12.8. The molecule has 0 radical (unpaired) electrons. The lowest BCUT2D eigenvalue weighted by atomic mass is 10.1. The third kappa shape index (κ3) is 3.68. The van der Waals surface area contributed by atoms with Gasteiger partial charge >= 0.3 is 0 Å². The molecule has 0 saturated heterocycles. The number of nitrogens with zero attached hydrogens (tertiary/aromatic N) is 5. The molecule has 0 atom stereocenters. The molecule has 0 spiro atoms. The van der Waals surface area contributed by atoms with Gasteiger partial charge in [-0.2, -0.15) is 0 Å². The van der Waals surface area contributed by atoms with E-state index in [-0.39, 0.29) is 5.54 Å². The highest BCUT2D eigenvalue weighted by Gasteiger charge is 2.19. The van der Waals surface area contributed by atoms with Gasteiger partial charge in [-0.3, -0.25) is 4.90 Å². The van der Waals surface area contributed by atoms with E-state index < -0.39 is 0 Å². The van der Waals surface area contributed by atoms with Crippen molar-refractivity contribution in [3.63, 3.8) is 0 Å². The Hall–Kier alpha value is -1.73. The van der Waals surface area contributed by atoms with Crippen molar-refractivity contribution >= 4 is 0 Å². The molecule has 1 aliphatic rings. The summed E-state index contributed by atoms with van der Waals surface area (Å²) >= 11 is 0. The minimum atomic E-state index is 0.0794. The van der Waals surface area contributed by atoms with Gasteiger partial charge in [0.1, 0.15) is 12.2 Å². The van der Waals surface area contributed by atoms with E-state index in [1.165, 1.54) is 0 Å². The first kappa shape index (κ1) is 14.2. The van der Waals surface area contributed by atoms with Crippen molar-refractivity contribution in [1.82, 2.24) is 30.1 Å². The molecule has 1 aliphatic heterocycles. The highest BCUT2D eigenvalue weighted by molar-refractivity contribution is 5.06. The normalized spacial score (nSPS) is 16.1. The van der Waals surface area contributed by atoms with E-state index in [1.807, 2.05) is 6.07 Å². The van der Waals surface area contributed by atoms with Crippen molar-refractivity contribution in [2.45, 2.75) is 52.5 Å². The fourth-order valence-corrected chi connectivity index (χ4v) is 2.34. The summed E-state index contributed by atoms with van der Waals surface area (Å²) < 4.78 is 7.52. The molecule has 3 heterocycles. The molecule has 0 aliphatic carbocycles. The van der Waals surface area contributed by atoms with E-state index in [1.54, 1.807) is 6.33 Å². The Morgan fingerprint density at radius 2 is 2.19 bits per heavy atom. The molecule has 7 heteroatoms. The van der Waals surface area contributed by atoms with Crippen LogP contribution in [0.2, 0.25) is 0 Å². The molecular formula is C14H22N6O. The monoisotopic (exact) mass is 290 g/mol. The largest absolute Gasteiger partial charge is 0.360 e. The Balaban J connectivity index is 1.56. The molecule has 7 nitrogen and oxygen atoms in total. The maximum absolute atomic E-state index is 5.43. The topological polar surface area (TPSA) is 72.0 Å². The molecule has 2 aromatic heterocycles. The second-order valence-electron chi connectivity index (χ2n) is 6.54. The van der Waals surface area contributed by atoms with Crippen molar-refractivity contribution in [2.24, 2.45) is 0 Å². The fourth-order valence-electron chi connectivity index (χ4n) is 2.34. The first-order valence-electron chi connectivity index (χ1n) is 7.28. The van der Waals surface area contributed by atoms with Crippen molar-refractivity contribution < 1.29 is 4.52 Å². The van der Waals surface area contributed by atoms with Crippen LogP contribution in [0.1, 0.15) is 38.0 Å². The summed E-state index contributed by atoms with van der Waals surface area (Å²) in [7, 11) is 0. The Morgan fingerprint density at radius 3 is 3.00 bits per heavy atom. The molecule has 0 bridgehead atoms. The van der Waals surface area contributed by atoms with Crippen LogP contribution in [0.4, 0.5) is 0 Å². The Kier molecular flexibility index (Phi) is 3.77. The fraction of sp³-hybridized carbons (Fsp3) is 0.643. The number of rotatable bonds is 4. The molecule has 0 unspecified atom stereocenters. The number of hydrogen-bond donors (Lipinski definition) is 1. The van der Waals surface area contributed by atoms with Crippen LogP contribution in [0.5, 0.6) is 0 Å². The summed E-state index contributed by atoms with van der Waals surface area (Å²) in [5, 5.41) is 15.6. The van der Waals surface area contributed by atoms with Gasteiger partial charge in [-0.1, -0.05) is 5.16 Å². The zero-order valence-corrected chi connectivity index (χ0v) is 12.8. The third-order valence-electron chi connectivity index (χ3n) is 3.50. The highest BCUT2D eigenvalue weighted by atomic mass is 16.5. The predicted molar refractivity (Wildman–Crippen MR) is 77.2 cm³/mol. The van der Waals surface area contributed by atoms with Crippen LogP contribution in [-0.4, -0.2) is 36.9 Å². The van der Waals surface area contributed by atoms with Crippen LogP contribution >= 0.6 is 0 Å². The van der Waals surface area contributed by atoms with Crippen LogP contribution in [-0.2, 0) is 26.2 Å². The van der Waals surface area contributed by atoms with Gasteiger partial charge in [-0.05, 0) is 20.8 Å². The molecule has 0 amide bonds. The second kappa shape index (κ2) is 5.57. The quantitative estimate of drug-likeness (QED) is 0.911. The summed E-state index contributed by atoms with van der Waals surface area (Å²) in [5.74, 6) is 1.91. The second-order valence-corrected chi connectivity index (χ2v) is 6.54. The van der Waals surface area contributed by atoms with Crippen LogP contribution < -0.4 is 5.32 Å². The van der Waals surface area contributed by atoms with Gasteiger partial charge in [0.2, 0.25) is 0 Å². The van der Waals surface area contributed by atoms with E-state index in [9.17, 15) is 0 Å². The Morgan fingerprint density at radius 1 is 1.33 bits per heavy atom. The van der Waals surface area contributed by atoms with Gasteiger partial charge in [0.05, 0.1) is 18.8 Å². The highest BCUT2D eigenvalue weighted by Crippen LogP contribution is 2.14. The summed E-state index contributed by atoms with van der Waals surface area (Å²) in [6.07, 6.45) is 1.79. The van der Waals surface area contributed by atoms with Crippen LogP contribution in [0, 0.1) is 0 Å². The predicted octanol–water partition coefficient (Wildman–Crippen LogP) is 1.17. The maximum Gasteiger partial charge on any atom is 0.151 e. The van der Waals surface area contributed by atoms with Gasteiger partial charge in [0, 0.05) is 31.2 Å². The number of aromatic nitrogens is 4. The third-order valence-corrected chi connectivity index (χ3v) is 3.50. The molecule has 2 aromatic rings. The number of fused-ring (bicyclic) bond motifs is 1. The van der Waals surface area contributed by atoms with Crippen molar-refractivity contribution in [1.29, 1.82) is 0 Å². The van der Waals surface area contributed by atoms with E-state index in [0.29, 0.717) is 0 Å². The van der Waals surface area contributed by atoms with E-state index >= 15 is 0 Å². The van der Waals surface area contributed by atoms with Gasteiger partial charge in [0.15, 0.2) is 5.76 Å². The first-order chi connectivity index (χ1) is 9.99. The van der Waals surface area contributed by atoms with E-state index in [0.717, 1.165) is 50.0 Å². The molecule has 0 fully saturated rings. The molecular weight excluding hydrogens is 268 g/mol. The lowest BCUT2D eigenvalue weighted by Gasteiger charge is -2.25. The summed E-state index contributed by atoms with van der Waals surface area (Å²) in [6.45, 7) is 10.6. The standard InChI is InChI=1S/C14H22N6O/c1-14(2,3)15-7-11-6-12(21-18-11)8-19-4-5-20-10-16-17-13(20)9-19/h6,10,15H,4-5,7-9H2,1-3H3. The maximum atomic E-state index is 5.43. The van der Waals surface area contributed by atoms with Crippen LogP contribution in [0.15, 0.2) is 16.9 Å². The average molecular weight is 290 g/mol. The summed E-state index contributed by atoms with van der Waals surface area (Å²) in [5.41, 5.74) is 1.02. The number of hydrogen-bond acceptors (Lipinski definition) is 6. The van der Waals surface area contributed by atoms with Crippen molar-refractivity contribution in [3.05, 3.63) is 29.7 Å². The van der Waals surface area contributed by atoms with Gasteiger partial charge in [-0.15, -0.1) is 10.2 Å². The van der Waals surface area contributed by atoms with Gasteiger partial charge in [0.25, 0.3) is 0 Å². The van der Waals surface area contributed by atoms with Gasteiger partial charge < -0.3 is 14.4 Å². The van der Waals surface area contributed by atoms with E-state index in [4.69, 9.17) is 4.52 Å². The molecule has 0 saturated carbocycles. The SMILES string of the molecule is CC(C)(C)NCc1cc(CN2CCn3cnnc3C2)on1. The van der Waals surface area contributed by atoms with Crippen LogP contribution in [0.25, 0.3) is 0 Å². The molecule has 1 N–H and O–H groups in total. The van der Waals surface area contributed by atoms with E-state index in [2.05, 4.69) is 50.9 Å². The number of nitrogens with one attached hydrogen (secondary N) is 1. The molecule has 3 rings (SSSR count). The molecule has 21 heavy (non-hydrogen) atoms. The van der Waals surface area contributed by atoms with Gasteiger partial charge in [-0.25, -0.2) is 0 Å². The lowest BCUT2D eigenvalue weighted by Crippen LogP contribution is -2.35. The Bertz CT molecular complexity index is 597. The minimum absolute atomic E-state index is 0.0794. The zero-order chi connectivity index (χ0) is 14.9. The van der Waals surface area contributed by atoms with Crippen molar-refractivity contribution in [3.8, 4) is 0 Å². The summed E-state index contributed by atoms with van der Waals surface area (Å²) in [6, 6.07) is 2.03. The lowest BCUT2D eigenvalue weighted by molar-refractivity contribution is 0.186. The average Bonchev–Trinajstić information content (AvgIpc) is 3.04. The smallest absolute Gasteiger partial charge is 0.151 e. The molecule has 114 valence electrons. The molecule has 0 aromatic carbocycles. The first-order valence-corrected chi connectivity index (χ1v) is 7.28. The Labute approximate surface area is 124 Å². The minimum Gasteiger partial charge on any atom is -0.360 e. The van der Waals surface area contributed by atoms with Crippen LogP contribution in [0.3, 0.4) is 0 Å². The van der Waals surface area contributed by atoms with Crippen molar-refractivity contribution in [2.75, 3.05) is 6.54 Å². The summed E-state index contributed by atoms with van der Waals surface area (Å²) in [4.78, 5) is 2.30.